The first kappa shape index (κ1) is 18.8. The molecule has 0 aliphatic rings. The zero-order valence-corrected chi connectivity index (χ0v) is 14.5. The van der Waals surface area contributed by atoms with E-state index < -0.39 is 8.07 Å². The van der Waals surface area contributed by atoms with Crippen LogP contribution in [0.1, 0.15) is 27.2 Å². The lowest BCUT2D eigenvalue weighted by Crippen LogP contribution is -2.23. The third kappa shape index (κ3) is 10.3. The Morgan fingerprint density at radius 1 is 1.21 bits per heavy atom. The molecule has 0 fully saturated rings. The summed E-state index contributed by atoms with van der Waals surface area (Å²) in [6.45, 7) is 18.0. The Kier molecular flexibility index (Phi) is 8.82. The van der Waals surface area contributed by atoms with Gasteiger partial charge in [-0.15, -0.1) is 0 Å². The maximum Gasteiger partial charge on any atom is 0.147 e. The van der Waals surface area contributed by atoms with Gasteiger partial charge in [-0.3, -0.25) is 0 Å². The van der Waals surface area contributed by atoms with E-state index in [2.05, 4.69) is 26.2 Å². The van der Waals surface area contributed by atoms with Crippen molar-refractivity contribution in [3.8, 4) is 0 Å². The second-order valence-electron chi connectivity index (χ2n) is 6.82. The number of aliphatic hydroxyl groups excluding tert-OH is 1. The van der Waals surface area contributed by atoms with Gasteiger partial charge in [0.25, 0.3) is 0 Å². The van der Waals surface area contributed by atoms with Crippen LogP contribution in [0.2, 0.25) is 25.7 Å². The predicted octanol–water partition coefficient (Wildman–Crippen LogP) is 3.67. The summed E-state index contributed by atoms with van der Waals surface area (Å²) < 4.78 is 11.1. The number of aliphatic hydroxyl groups is 1. The van der Waals surface area contributed by atoms with Gasteiger partial charge in [-0.1, -0.05) is 40.1 Å². The lowest BCUT2D eigenvalue weighted by Gasteiger charge is -2.21. The Hall–Kier alpha value is -0.163. The van der Waals surface area contributed by atoms with E-state index in [9.17, 15) is 5.11 Å². The van der Waals surface area contributed by atoms with E-state index in [1.807, 2.05) is 20.8 Å². The summed E-state index contributed by atoms with van der Waals surface area (Å²) in [7, 11) is -1.02. The lowest BCUT2D eigenvalue weighted by molar-refractivity contribution is -0.0715. The molecular weight excluding hydrogens is 256 g/mol. The van der Waals surface area contributed by atoms with E-state index in [1.165, 1.54) is 0 Å². The minimum atomic E-state index is -1.02. The molecule has 0 aliphatic carbocycles. The Bertz CT molecular complexity index is 259. The molecule has 0 aliphatic heterocycles. The van der Waals surface area contributed by atoms with Crippen LogP contribution in [0.3, 0.4) is 0 Å². The van der Waals surface area contributed by atoms with Crippen molar-refractivity contribution in [2.75, 3.05) is 13.4 Å². The number of ether oxygens (including phenoxy) is 2. The molecule has 0 aromatic heterocycles. The quantitative estimate of drug-likeness (QED) is 0.288. The molecule has 0 rings (SSSR count). The van der Waals surface area contributed by atoms with Gasteiger partial charge in [0, 0.05) is 14.7 Å². The molecule has 0 aromatic carbocycles. The molecule has 0 unspecified atom stereocenters. The Morgan fingerprint density at radius 3 is 2.26 bits per heavy atom. The first-order chi connectivity index (χ1) is 8.63. The van der Waals surface area contributed by atoms with Gasteiger partial charge in [0.2, 0.25) is 0 Å². The molecule has 0 bridgehead atoms. The highest BCUT2D eigenvalue weighted by atomic mass is 28.3. The summed E-state index contributed by atoms with van der Waals surface area (Å²) in [5.74, 6) is 0.247. The second kappa shape index (κ2) is 8.90. The standard InChI is InChI=1S/C15H32O3Si/c1-12(2)15(16)10-13(3)14(4)18-11-17-8-9-19(5,6)7/h12,14-16H,3,8-11H2,1-2,4-7H3/t14-,15+/m1/s1. The van der Waals surface area contributed by atoms with Crippen LogP contribution < -0.4 is 0 Å². The van der Waals surface area contributed by atoms with Crippen molar-refractivity contribution in [1.82, 2.24) is 0 Å². The van der Waals surface area contributed by atoms with Gasteiger partial charge in [0.1, 0.15) is 6.79 Å². The molecular formula is C15H32O3Si. The van der Waals surface area contributed by atoms with E-state index in [0.717, 1.165) is 18.2 Å². The first-order valence-corrected chi connectivity index (χ1v) is 10.9. The molecule has 0 aromatic rings. The number of hydrogen-bond donors (Lipinski definition) is 1. The van der Waals surface area contributed by atoms with Crippen LogP contribution in [-0.4, -0.2) is 38.8 Å². The zero-order chi connectivity index (χ0) is 15.1. The average Bonchev–Trinajstić information content (AvgIpc) is 2.26. The first-order valence-electron chi connectivity index (χ1n) is 7.18. The molecule has 0 amide bonds. The highest BCUT2D eigenvalue weighted by molar-refractivity contribution is 6.76. The largest absolute Gasteiger partial charge is 0.393 e. The van der Waals surface area contributed by atoms with E-state index in [-0.39, 0.29) is 18.1 Å². The monoisotopic (exact) mass is 288 g/mol. The smallest absolute Gasteiger partial charge is 0.147 e. The van der Waals surface area contributed by atoms with E-state index in [0.29, 0.717) is 13.2 Å². The van der Waals surface area contributed by atoms with Crippen LogP contribution in [0, 0.1) is 5.92 Å². The van der Waals surface area contributed by atoms with Crippen molar-refractivity contribution in [3.63, 3.8) is 0 Å². The van der Waals surface area contributed by atoms with Crippen LogP contribution in [0.15, 0.2) is 12.2 Å². The van der Waals surface area contributed by atoms with Gasteiger partial charge < -0.3 is 14.6 Å². The minimum Gasteiger partial charge on any atom is -0.393 e. The van der Waals surface area contributed by atoms with Gasteiger partial charge in [-0.25, -0.2) is 0 Å². The van der Waals surface area contributed by atoms with Crippen molar-refractivity contribution in [3.05, 3.63) is 12.2 Å². The van der Waals surface area contributed by atoms with Crippen LogP contribution >= 0.6 is 0 Å². The molecule has 0 heterocycles. The minimum absolute atomic E-state index is 0.0692. The predicted molar refractivity (Wildman–Crippen MR) is 84.1 cm³/mol. The van der Waals surface area contributed by atoms with Crippen molar-refractivity contribution in [1.29, 1.82) is 0 Å². The Labute approximate surface area is 120 Å². The second-order valence-corrected chi connectivity index (χ2v) is 12.4. The summed E-state index contributed by atoms with van der Waals surface area (Å²) in [5, 5.41) is 9.80. The average molecular weight is 289 g/mol. The van der Waals surface area contributed by atoms with Crippen molar-refractivity contribution in [2.45, 2.75) is 65.1 Å². The molecule has 0 radical (unpaired) electrons. The van der Waals surface area contributed by atoms with Crippen LogP contribution in [0.5, 0.6) is 0 Å². The van der Waals surface area contributed by atoms with E-state index in [1.54, 1.807) is 0 Å². The highest BCUT2D eigenvalue weighted by Crippen LogP contribution is 2.16. The fourth-order valence-corrected chi connectivity index (χ4v) is 2.13. The SMILES string of the molecule is C=C(C[C@H](O)C(C)C)[C@@H](C)OCOCC[Si](C)(C)C. The molecule has 114 valence electrons. The normalized spacial score (nSPS) is 15.6. The van der Waals surface area contributed by atoms with E-state index in [4.69, 9.17) is 9.47 Å². The molecule has 2 atom stereocenters. The van der Waals surface area contributed by atoms with Gasteiger partial charge in [0.15, 0.2) is 0 Å². The topological polar surface area (TPSA) is 38.7 Å². The maximum absolute atomic E-state index is 9.80. The third-order valence-corrected chi connectivity index (χ3v) is 4.92. The van der Waals surface area contributed by atoms with E-state index >= 15 is 0 Å². The van der Waals surface area contributed by atoms with Crippen LogP contribution in [0.4, 0.5) is 0 Å². The maximum atomic E-state index is 9.80. The zero-order valence-electron chi connectivity index (χ0n) is 13.5. The summed E-state index contributed by atoms with van der Waals surface area (Å²) in [4.78, 5) is 0. The summed E-state index contributed by atoms with van der Waals surface area (Å²) in [5.41, 5.74) is 0.926. The summed E-state index contributed by atoms with van der Waals surface area (Å²) >= 11 is 0. The fourth-order valence-electron chi connectivity index (χ4n) is 1.38. The lowest BCUT2D eigenvalue weighted by atomic mass is 9.98. The molecule has 19 heavy (non-hydrogen) atoms. The Morgan fingerprint density at radius 2 is 1.79 bits per heavy atom. The van der Waals surface area contributed by atoms with Crippen molar-refractivity contribution in [2.24, 2.45) is 5.92 Å². The molecule has 4 heteroatoms. The summed E-state index contributed by atoms with van der Waals surface area (Å²) in [6, 6.07) is 1.15. The molecule has 0 spiro atoms. The van der Waals surface area contributed by atoms with Gasteiger partial charge in [-0.05, 0) is 30.9 Å². The van der Waals surface area contributed by atoms with Gasteiger partial charge in [0.05, 0.1) is 12.2 Å². The fraction of sp³-hybridized carbons (Fsp3) is 0.867. The number of hydrogen-bond acceptors (Lipinski definition) is 3. The van der Waals surface area contributed by atoms with Crippen LogP contribution in [-0.2, 0) is 9.47 Å². The highest BCUT2D eigenvalue weighted by Gasteiger charge is 2.15. The third-order valence-electron chi connectivity index (χ3n) is 3.21. The van der Waals surface area contributed by atoms with Gasteiger partial charge in [-0.2, -0.15) is 0 Å². The molecule has 3 nitrogen and oxygen atoms in total. The van der Waals surface area contributed by atoms with Crippen molar-refractivity contribution < 1.29 is 14.6 Å². The van der Waals surface area contributed by atoms with Gasteiger partial charge >= 0.3 is 0 Å². The molecule has 0 saturated carbocycles. The molecule has 0 saturated heterocycles. The molecule has 1 N–H and O–H groups in total. The number of rotatable bonds is 10. The van der Waals surface area contributed by atoms with Crippen molar-refractivity contribution >= 4 is 8.07 Å². The Balaban J connectivity index is 3.74. The van der Waals surface area contributed by atoms with Crippen LogP contribution in [0.25, 0.3) is 0 Å². The summed E-state index contributed by atoms with van der Waals surface area (Å²) in [6.07, 6.45) is 0.180.